The van der Waals surface area contributed by atoms with Crippen LogP contribution in [-0.2, 0) is 4.79 Å². The highest BCUT2D eigenvalue weighted by atomic mass is 35.5. The molecule has 0 heterocycles. The zero-order chi connectivity index (χ0) is 18.4. The molecule has 0 aliphatic heterocycles. The minimum atomic E-state index is -1.19. The van der Waals surface area contributed by atoms with Gasteiger partial charge in [-0.1, -0.05) is 29.8 Å². The Kier molecular flexibility index (Phi) is 5.91. The van der Waals surface area contributed by atoms with Crippen molar-refractivity contribution in [1.29, 1.82) is 0 Å². The fourth-order valence-electron chi connectivity index (χ4n) is 2.17. The van der Waals surface area contributed by atoms with Gasteiger partial charge in [0.1, 0.15) is 0 Å². The Morgan fingerprint density at radius 1 is 1.20 bits per heavy atom. The van der Waals surface area contributed by atoms with Crippen LogP contribution >= 0.6 is 11.6 Å². The first-order valence-corrected chi connectivity index (χ1v) is 7.53. The molecule has 2 aromatic rings. The van der Waals surface area contributed by atoms with Gasteiger partial charge in [-0.05, 0) is 18.2 Å². The second-order valence-corrected chi connectivity index (χ2v) is 5.49. The van der Waals surface area contributed by atoms with Gasteiger partial charge in [-0.25, -0.2) is 4.79 Å². The molecule has 130 valence electrons. The van der Waals surface area contributed by atoms with E-state index in [4.69, 9.17) is 16.7 Å². The van der Waals surface area contributed by atoms with E-state index in [2.05, 4.69) is 10.6 Å². The van der Waals surface area contributed by atoms with Crippen LogP contribution in [0.2, 0.25) is 5.02 Å². The second kappa shape index (κ2) is 8.11. The highest BCUT2D eigenvalue weighted by Crippen LogP contribution is 2.29. The van der Waals surface area contributed by atoms with Crippen molar-refractivity contribution in [2.45, 2.75) is 12.5 Å². The van der Waals surface area contributed by atoms with Crippen molar-refractivity contribution in [3.05, 3.63) is 69.2 Å². The van der Waals surface area contributed by atoms with Crippen molar-refractivity contribution in [3.63, 3.8) is 0 Å². The second-order valence-electron chi connectivity index (χ2n) is 5.08. The Morgan fingerprint density at radius 2 is 1.88 bits per heavy atom. The van der Waals surface area contributed by atoms with Crippen LogP contribution in [0.15, 0.2) is 48.5 Å². The number of amides is 2. The minimum absolute atomic E-state index is 0.122. The molecule has 25 heavy (non-hydrogen) atoms. The molecule has 0 aliphatic rings. The molecule has 2 amide bonds. The Morgan fingerprint density at radius 3 is 2.48 bits per heavy atom. The van der Waals surface area contributed by atoms with Gasteiger partial charge in [0.25, 0.3) is 5.69 Å². The quantitative estimate of drug-likeness (QED) is 0.534. The van der Waals surface area contributed by atoms with Crippen LogP contribution in [0.5, 0.6) is 0 Å². The summed E-state index contributed by atoms with van der Waals surface area (Å²) >= 11 is 6.04. The lowest BCUT2D eigenvalue weighted by molar-refractivity contribution is -0.384. The normalized spacial score (nSPS) is 11.4. The van der Waals surface area contributed by atoms with E-state index in [-0.39, 0.29) is 16.3 Å². The van der Waals surface area contributed by atoms with Crippen molar-refractivity contribution in [2.75, 3.05) is 5.32 Å². The third-order valence-corrected chi connectivity index (χ3v) is 3.63. The minimum Gasteiger partial charge on any atom is -0.481 e. The SMILES string of the molecule is O=C(O)CC(NC(=O)Nc1ccccc1)c1cc([N+](=O)[O-])ccc1Cl. The van der Waals surface area contributed by atoms with Gasteiger partial charge in [0, 0.05) is 28.4 Å². The highest BCUT2D eigenvalue weighted by Gasteiger charge is 2.23. The Labute approximate surface area is 147 Å². The lowest BCUT2D eigenvalue weighted by Gasteiger charge is -2.19. The molecule has 0 spiro atoms. The summed E-state index contributed by atoms with van der Waals surface area (Å²) in [6, 6.07) is 10.5. The van der Waals surface area contributed by atoms with Gasteiger partial charge in [-0.3, -0.25) is 14.9 Å². The van der Waals surface area contributed by atoms with Crippen LogP contribution < -0.4 is 10.6 Å². The molecule has 2 rings (SSSR count). The van der Waals surface area contributed by atoms with E-state index < -0.39 is 29.4 Å². The number of carboxylic acids is 1. The van der Waals surface area contributed by atoms with Gasteiger partial charge in [0.05, 0.1) is 17.4 Å². The lowest BCUT2D eigenvalue weighted by Crippen LogP contribution is -2.34. The largest absolute Gasteiger partial charge is 0.481 e. The van der Waals surface area contributed by atoms with Crippen molar-refractivity contribution in [1.82, 2.24) is 5.32 Å². The predicted octanol–water partition coefficient (Wildman–Crippen LogP) is 3.59. The molecule has 8 nitrogen and oxygen atoms in total. The molecule has 3 N–H and O–H groups in total. The number of halogens is 1. The first-order chi connectivity index (χ1) is 11.9. The number of aliphatic carboxylic acids is 1. The first kappa shape index (κ1) is 18.2. The Balaban J connectivity index is 2.24. The molecule has 2 aromatic carbocycles. The number of nitro benzene ring substituents is 1. The van der Waals surface area contributed by atoms with Crippen LogP contribution in [-0.4, -0.2) is 22.0 Å². The summed E-state index contributed by atoms with van der Waals surface area (Å²) in [4.78, 5) is 33.5. The van der Waals surface area contributed by atoms with Crippen LogP contribution in [0.4, 0.5) is 16.2 Å². The molecule has 0 aliphatic carbocycles. The van der Waals surface area contributed by atoms with Gasteiger partial charge in [0.15, 0.2) is 0 Å². The number of urea groups is 1. The summed E-state index contributed by atoms with van der Waals surface area (Å²) in [6.45, 7) is 0. The summed E-state index contributed by atoms with van der Waals surface area (Å²) < 4.78 is 0. The monoisotopic (exact) mass is 363 g/mol. The molecule has 9 heteroatoms. The molecular weight excluding hydrogens is 350 g/mol. The number of anilines is 1. The zero-order valence-corrected chi connectivity index (χ0v) is 13.6. The van der Waals surface area contributed by atoms with Crippen LogP contribution in [0.3, 0.4) is 0 Å². The number of nitrogens with zero attached hydrogens (tertiary/aromatic N) is 1. The van der Waals surface area contributed by atoms with Gasteiger partial charge in [0.2, 0.25) is 0 Å². The van der Waals surface area contributed by atoms with E-state index >= 15 is 0 Å². The number of carbonyl (C=O) groups excluding carboxylic acids is 1. The number of nitro groups is 1. The molecule has 0 fully saturated rings. The van der Waals surface area contributed by atoms with Crippen LogP contribution in [0.1, 0.15) is 18.0 Å². The van der Waals surface area contributed by atoms with Gasteiger partial charge >= 0.3 is 12.0 Å². The summed E-state index contributed by atoms with van der Waals surface area (Å²) in [5, 5.41) is 25.1. The van der Waals surface area contributed by atoms with E-state index in [1.165, 1.54) is 12.1 Å². The van der Waals surface area contributed by atoms with Gasteiger partial charge in [-0.2, -0.15) is 0 Å². The van der Waals surface area contributed by atoms with Crippen molar-refractivity contribution < 1.29 is 19.6 Å². The third kappa shape index (κ3) is 5.18. The van der Waals surface area contributed by atoms with Gasteiger partial charge < -0.3 is 15.7 Å². The molecule has 1 atom stereocenters. The summed E-state index contributed by atoms with van der Waals surface area (Å²) in [5.74, 6) is -1.19. The molecule has 0 bridgehead atoms. The Hall–Kier alpha value is -3.13. The van der Waals surface area contributed by atoms with Crippen LogP contribution in [0, 0.1) is 10.1 Å². The fraction of sp³-hybridized carbons (Fsp3) is 0.125. The molecule has 0 radical (unpaired) electrons. The van der Waals surface area contributed by atoms with Crippen molar-refractivity contribution in [2.24, 2.45) is 0 Å². The number of hydrogen-bond acceptors (Lipinski definition) is 4. The first-order valence-electron chi connectivity index (χ1n) is 7.15. The summed E-state index contributed by atoms with van der Waals surface area (Å²) in [5.41, 5.74) is 0.417. The number of hydrogen-bond donors (Lipinski definition) is 3. The van der Waals surface area contributed by atoms with E-state index in [0.717, 1.165) is 6.07 Å². The third-order valence-electron chi connectivity index (χ3n) is 3.28. The summed E-state index contributed by atoms with van der Waals surface area (Å²) in [6.07, 6.45) is -0.483. The van der Waals surface area contributed by atoms with Gasteiger partial charge in [-0.15, -0.1) is 0 Å². The average molecular weight is 364 g/mol. The molecule has 0 saturated heterocycles. The number of para-hydroxylation sites is 1. The van der Waals surface area contributed by atoms with Crippen molar-refractivity contribution in [3.8, 4) is 0 Å². The maximum atomic E-state index is 12.1. The van der Waals surface area contributed by atoms with E-state index in [1.54, 1.807) is 30.3 Å². The van der Waals surface area contributed by atoms with Crippen molar-refractivity contribution >= 4 is 35.0 Å². The fourth-order valence-corrected chi connectivity index (χ4v) is 2.42. The maximum Gasteiger partial charge on any atom is 0.319 e. The maximum absolute atomic E-state index is 12.1. The molecular formula is C16H14ClN3O5. The predicted molar refractivity (Wildman–Crippen MR) is 91.7 cm³/mol. The number of carboxylic acid groups (broad SMARTS) is 1. The number of non-ortho nitro benzene ring substituents is 1. The average Bonchev–Trinajstić information content (AvgIpc) is 2.55. The molecule has 0 aromatic heterocycles. The Bertz CT molecular complexity index is 798. The highest BCUT2D eigenvalue weighted by molar-refractivity contribution is 6.31. The summed E-state index contributed by atoms with van der Waals surface area (Å²) in [7, 11) is 0. The molecule has 0 saturated carbocycles. The van der Waals surface area contributed by atoms with Crippen LogP contribution in [0.25, 0.3) is 0 Å². The topological polar surface area (TPSA) is 122 Å². The number of nitrogens with one attached hydrogen (secondary N) is 2. The van der Waals surface area contributed by atoms with E-state index in [9.17, 15) is 19.7 Å². The van der Waals surface area contributed by atoms with E-state index in [1.807, 2.05) is 0 Å². The standard InChI is InChI=1S/C16H14ClN3O5/c17-13-7-6-11(20(24)25)8-12(13)14(9-15(21)22)19-16(23)18-10-4-2-1-3-5-10/h1-8,14H,9H2,(H,21,22)(H2,18,19,23). The van der Waals surface area contributed by atoms with E-state index in [0.29, 0.717) is 5.69 Å². The zero-order valence-electron chi connectivity index (χ0n) is 12.8. The number of benzene rings is 2. The molecule has 1 unspecified atom stereocenters. The number of rotatable bonds is 6. The number of carbonyl (C=O) groups is 2. The lowest BCUT2D eigenvalue weighted by atomic mass is 10.0. The smallest absolute Gasteiger partial charge is 0.319 e.